The molecule has 1 heteroatoms. The number of allylic oxidation sites excluding steroid dienone is 4. The Kier molecular flexibility index (Phi) is 5.23. The fraction of sp³-hybridized carbons (Fsp3) is 0.152. The van der Waals surface area contributed by atoms with Gasteiger partial charge in [0.1, 0.15) is 0 Å². The van der Waals surface area contributed by atoms with Gasteiger partial charge in [-0.15, -0.1) is 0 Å². The molecule has 4 aromatic rings. The number of fused-ring (bicyclic) bond motifs is 3. The zero-order valence-corrected chi connectivity index (χ0v) is 22.4. The van der Waals surface area contributed by atoms with E-state index < -0.39 is 18.8 Å². The van der Waals surface area contributed by atoms with Crippen LogP contribution in [0.2, 0.25) is 9.26 Å². The molecule has 0 N–H and O–H groups in total. The Balaban J connectivity index is 1.72. The zero-order valence-electron chi connectivity index (χ0n) is 20.0. The third-order valence-corrected chi connectivity index (χ3v) is 26.5. The molecule has 0 saturated heterocycles. The van der Waals surface area contributed by atoms with Crippen molar-refractivity contribution in [3.8, 4) is 11.1 Å². The molecule has 0 saturated carbocycles. The molecule has 4 aromatic carbocycles. The van der Waals surface area contributed by atoms with Crippen LogP contribution >= 0.6 is 0 Å². The number of rotatable bonds is 5. The number of benzene rings is 4. The molecule has 167 valence electrons. The van der Waals surface area contributed by atoms with Crippen LogP contribution in [0.25, 0.3) is 11.1 Å². The Morgan fingerprint density at radius 3 is 1.56 bits per heavy atom. The van der Waals surface area contributed by atoms with Crippen molar-refractivity contribution in [1.82, 2.24) is 0 Å². The second-order valence-electron chi connectivity index (χ2n) is 10.8. The SMILES string of the molecule is [CH3][Zr]([CH3])([C]1=CC=CC1)([CH](c1ccccc1)c1ccccc1)[CH]1c2ccccc2-c2ccccc21. The third kappa shape index (κ3) is 3.14. The Morgan fingerprint density at radius 1 is 0.618 bits per heavy atom. The average molecular weight is 519 g/mol. The van der Waals surface area contributed by atoms with Gasteiger partial charge in [-0.05, 0) is 0 Å². The van der Waals surface area contributed by atoms with E-state index >= 15 is 0 Å². The monoisotopic (exact) mass is 517 g/mol. The van der Waals surface area contributed by atoms with Crippen molar-refractivity contribution in [3.05, 3.63) is 153 Å². The van der Waals surface area contributed by atoms with Crippen LogP contribution in [-0.2, 0) is 18.8 Å². The number of hydrogen-bond donors (Lipinski definition) is 0. The van der Waals surface area contributed by atoms with Crippen molar-refractivity contribution in [2.45, 2.75) is 22.9 Å². The summed E-state index contributed by atoms with van der Waals surface area (Å²) in [5.41, 5.74) is 8.84. The summed E-state index contributed by atoms with van der Waals surface area (Å²) in [5.74, 6) is 0. The Labute approximate surface area is 204 Å². The van der Waals surface area contributed by atoms with Crippen LogP contribution < -0.4 is 0 Å². The summed E-state index contributed by atoms with van der Waals surface area (Å²) in [6.07, 6.45) is 8.23. The van der Waals surface area contributed by atoms with E-state index in [1.165, 1.54) is 33.4 Å². The van der Waals surface area contributed by atoms with Crippen LogP contribution in [0.15, 0.2) is 131 Å². The van der Waals surface area contributed by atoms with E-state index in [0.717, 1.165) is 6.42 Å². The van der Waals surface area contributed by atoms with Gasteiger partial charge in [0.25, 0.3) is 0 Å². The van der Waals surface area contributed by atoms with E-state index in [-0.39, 0.29) is 0 Å². The fourth-order valence-electron chi connectivity index (χ4n) is 7.19. The first-order valence-corrected chi connectivity index (χ1v) is 21.4. The van der Waals surface area contributed by atoms with Gasteiger partial charge in [-0.2, -0.15) is 0 Å². The molecule has 0 spiro atoms. The molecule has 0 aromatic heterocycles. The first kappa shape index (κ1) is 21.8. The van der Waals surface area contributed by atoms with Gasteiger partial charge in [0.2, 0.25) is 0 Å². The summed E-state index contributed by atoms with van der Waals surface area (Å²) in [7, 11) is 0. The molecule has 2 aliphatic rings. The molecule has 0 aliphatic heterocycles. The zero-order chi connectivity index (χ0) is 23.2. The van der Waals surface area contributed by atoms with Crippen LogP contribution in [0, 0.1) is 0 Å². The normalized spacial score (nSPS) is 16.1. The van der Waals surface area contributed by atoms with Crippen molar-refractivity contribution in [3.63, 3.8) is 0 Å². The molecular weight excluding hydrogens is 488 g/mol. The fourth-order valence-corrected chi connectivity index (χ4v) is 25.2. The van der Waals surface area contributed by atoms with Gasteiger partial charge in [0.05, 0.1) is 0 Å². The molecule has 0 amide bonds. The predicted molar refractivity (Wildman–Crippen MR) is 142 cm³/mol. The molecule has 0 bridgehead atoms. The van der Waals surface area contributed by atoms with E-state index in [0.29, 0.717) is 7.25 Å². The van der Waals surface area contributed by atoms with Crippen LogP contribution in [0.3, 0.4) is 0 Å². The number of hydrogen-bond acceptors (Lipinski definition) is 0. The predicted octanol–water partition coefficient (Wildman–Crippen LogP) is 9.18. The second-order valence-corrected chi connectivity index (χ2v) is 28.0. The molecule has 0 nitrogen and oxygen atoms in total. The first-order valence-electron chi connectivity index (χ1n) is 12.4. The Bertz CT molecular complexity index is 1320. The van der Waals surface area contributed by atoms with E-state index in [2.05, 4.69) is 137 Å². The molecule has 34 heavy (non-hydrogen) atoms. The van der Waals surface area contributed by atoms with Crippen molar-refractivity contribution in [2.24, 2.45) is 0 Å². The summed E-state index contributed by atoms with van der Waals surface area (Å²) in [6.45, 7) is 0. The van der Waals surface area contributed by atoms with Crippen molar-refractivity contribution in [2.75, 3.05) is 0 Å². The molecule has 0 unspecified atom stereocenters. The third-order valence-electron chi connectivity index (χ3n) is 8.66. The van der Waals surface area contributed by atoms with Crippen LogP contribution in [-0.4, -0.2) is 0 Å². The van der Waals surface area contributed by atoms with E-state index in [4.69, 9.17) is 0 Å². The van der Waals surface area contributed by atoms with E-state index in [9.17, 15) is 0 Å². The van der Waals surface area contributed by atoms with Crippen molar-refractivity contribution in [1.29, 1.82) is 0 Å². The topological polar surface area (TPSA) is 0 Å². The second kappa shape index (κ2) is 8.18. The molecule has 6 rings (SSSR count). The molecule has 0 radical (unpaired) electrons. The van der Waals surface area contributed by atoms with Crippen molar-refractivity contribution >= 4 is 0 Å². The molecule has 0 fully saturated rings. The van der Waals surface area contributed by atoms with E-state index in [1.807, 2.05) is 0 Å². The van der Waals surface area contributed by atoms with Gasteiger partial charge in [-0.25, -0.2) is 0 Å². The standard InChI is InChI=1S/C13H9.C13H11.C5H5.2CH3.Zr/c1-3-7-12-10(5-1)9-11-6-2-4-8-13(11)12;1-3-7-12(8-4-1)11-13-9-5-2-6-10-13;1-2-4-5-3-1;;;/h1-9H;1-11H;1-3H,4H2;2*1H3;. The van der Waals surface area contributed by atoms with E-state index in [1.54, 1.807) is 3.28 Å². The molecule has 0 atom stereocenters. The quantitative estimate of drug-likeness (QED) is 0.247. The average Bonchev–Trinajstić information content (AvgIpc) is 3.54. The summed E-state index contributed by atoms with van der Waals surface area (Å²) < 4.78 is 8.02. The summed E-state index contributed by atoms with van der Waals surface area (Å²) in [5, 5.41) is 0. The molecule has 2 aliphatic carbocycles. The van der Waals surface area contributed by atoms with Gasteiger partial charge >= 0.3 is 206 Å². The van der Waals surface area contributed by atoms with Gasteiger partial charge in [0.15, 0.2) is 0 Å². The minimum atomic E-state index is -3.98. The Hall–Kier alpha value is -2.76. The van der Waals surface area contributed by atoms with Gasteiger partial charge < -0.3 is 0 Å². The van der Waals surface area contributed by atoms with Gasteiger partial charge in [-0.1, -0.05) is 0 Å². The van der Waals surface area contributed by atoms with Crippen molar-refractivity contribution < 1.29 is 18.8 Å². The maximum absolute atomic E-state index is 3.98. The van der Waals surface area contributed by atoms with Crippen LogP contribution in [0.4, 0.5) is 0 Å². The summed E-state index contributed by atoms with van der Waals surface area (Å²) in [6, 6.07) is 41.1. The molecule has 0 heterocycles. The minimum absolute atomic E-state index is 0.388. The maximum atomic E-state index is 2.74. The summed E-state index contributed by atoms with van der Waals surface area (Å²) >= 11 is -3.98. The van der Waals surface area contributed by atoms with Crippen LogP contribution in [0.1, 0.15) is 35.9 Å². The van der Waals surface area contributed by atoms with Crippen LogP contribution in [0.5, 0.6) is 0 Å². The summed E-state index contributed by atoms with van der Waals surface area (Å²) in [4.78, 5) is 0. The first-order chi connectivity index (χ1) is 16.6. The van der Waals surface area contributed by atoms with Gasteiger partial charge in [0, 0.05) is 0 Å². The van der Waals surface area contributed by atoms with Gasteiger partial charge in [-0.3, -0.25) is 0 Å². The molecular formula is C33H31Zr. The Morgan fingerprint density at radius 2 is 1.09 bits per heavy atom.